The second-order valence-corrected chi connectivity index (χ2v) is 8.47. The highest BCUT2D eigenvalue weighted by Gasteiger charge is 2.38. The Hall–Kier alpha value is -1.14. The summed E-state index contributed by atoms with van der Waals surface area (Å²) in [5.74, 6) is 1.25. The van der Waals surface area contributed by atoms with Gasteiger partial charge in [0.15, 0.2) is 0 Å². The molecule has 1 saturated heterocycles. The van der Waals surface area contributed by atoms with Crippen LogP contribution in [0.25, 0.3) is 0 Å². The molecule has 0 spiro atoms. The van der Waals surface area contributed by atoms with Crippen molar-refractivity contribution in [2.45, 2.75) is 63.8 Å². The van der Waals surface area contributed by atoms with Crippen LogP contribution in [-0.2, 0) is 14.3 Å². The summed E-state index contributed by atoms with van der Waals surface area (Å²) in [6.07, 6.45) is 10.1. The lowest BCUT2D eigenvalue weighted by Crippen LogP contribution is -2.58. The normalized spacial score (nSPS) is 23.7. The number of amides is 2. The Labute approximate surface area is 164 Å². The highest BCUT2D eigenvalue weighted by atomic mass is 16.5. The molecule has 2 saturated carbocycles. The van der Waals surface area contributed by atoms with Crippen LogP contribution >= 0.6 is 0 Å². The molecule has 1 N–H and O–H groups in total. The van der Waals surface area contributed by atoms with Gasteiger partial charge in [-0.2, -0.15) is 0 Å². The number of piperazine rings is 1. The topological polar surface area (TPSA) is 61.9 Å². The Morgan fingerprint density at radius 2 is 1.63 bits per heavy atom. The van der Waals surface area contributed by atoms with E-state index in [-0.39, 0.29) is 17.9 Å². The van der Waals surface area contributed by atoms with Crippen molar-refractivity contribution in [1.82, 2.24) is 15.1 Å². The van der Waals surface area contributed by atoms with Crippen LogP contribution in [-0.4, -0.2) is 74.1 Å². The maximum absolute atomic E-state index is 12.9. The third kappa shape index (κ3) is 5.44. The molecule has 0 unspecified atom stereocenters. The predicted molar refractivity (Wildman–Crippen MR) is 105 cm³/mol. The SMILES string of the molecule is COCCCNC(=O)[C@@H](C1CCCC1)N1CCN(C(=O)C2CCCC2)CC1. The molecule has 0 aromatic heterocycles. The molecule has 2 amide bonds. The number of nitrogens with zero attached hydrogens (tertiary/aromatic N) is 2. The summed E-state index contributed by atoms with van der Waals surface area (Å²) in [5.41, 5.74) is 0. The van der Waals surface area contributed by atoms with Crippen LogP contribution in [0.4, 0.5) is 0 Å². The van der Waals surface area contributed by atoms with Crippen molar-refractivity contribution >= 4 is 11.8 Å². The molecule has 0 aromatic rings. The number of carbonyl (C=O) groups excluding carboxylic acids is 2. The van der Waals surface area contributed by atoms with Gasteiger partial charge in [-0.15, -0.1) is 0 Å². The minimum atomic E-state index is -0.0289. The molecule has 1 atom stereocenters. The van der Waals surface area contributed by atoms with Gasteiger partial charge in [0.25, 0.3) is 0 Å². The van der Waals surface area contributed by atoms with Gasteiger partial charge in [-0.1, -0.05) is 25.7 Å². The van der Waals surface area contributed by atoms with E-state index in [2.05, 4.69) is 15.1 Å². The highest BCUT2D eigenvalue weighted by molar-refractivity contribution is 5.82. The van der Waals surface area contributed by atoms with Gasteiger partial charge in [0.2, 0.25) is 11.8 Å². The lowest BCUT2D eigenvalue weighted by molar-refractivity contribution is -0.138. The fourth-order valence-corrected chi connectivity index (χ4v) is 5.14. The van der Waals surface area contributed by atoms with E-state index >= 15 is 0 Å². The highest BCUT2D eigenvalue weighted by Crippen LogP contribution is 2.32. The van der Waals surface area contributed by atoms with E-state index in [1.165, 1.54) is 25.7 Å². The van der Waals surface area contributed by atoms with Crippen molar-refractivity contribution in [1.29, 1.82) is 0 Å². The zero-order valence-electron chi connectivity index (χ0n) is 17.0. The summed E-state index contributed by atoms with van der Waals surface area (Å²) < 4.78 is 5.08. The van der Waals surface area contributed by atoms with Crippen LogP contribution in [0, 0.1) is 11.8 Å². The summed E-state index contributed by atoms with van der Waals surface area (Å²) in [6, 6.07) is -0.0289. The zero-order chi connectivity index (χ0) is 19.1. The van der Waals surface area contributed by atoms with Crippen molar-refractivity contribution in [2.75, 3.05) is 46.4 Å². The van der Waals surface area contributed by atoms with Crippen LogP contribution < -0.4 is 5.32 Å². The van der Waals surface area contributed by atoms with E-state index in [9.17, 15) is 9.59 Å². The van der Waals surface area contributed by atoms with Crippen molar-refractivity contribution in [3.63, 3.8) is 0 Å². The number of methoxy groups -OCH3 is 1. The molecule has 3 fully saturated rings. The molecule has 1 heterocycles. The zero-order valence-corrected chi connectivity index (χ0v) is 17.0. The number of hydrogen-bond acceptors (Lipinski definition) is 4. The van der Waals surface area contributed by atoms with E-state index in [1.807, 2.05) is 0 Å². The van der Waals surface area contributed by atoms with Crippen molar-refractivity contribution in [2.24, 2.45) is 11.8 Å². The fourth-order valence-electron chi connectivity index (χ4n) is 5.14. The van der Waals surface area contributed by atoms with Gasteiger partial charge in [0.05, 0.1) is 6.04 Å². The lowest BCUT2D eigenvalue weighted by atomic mass is 9.94. The molecule has 27 heavy (non-hydrogen) atoms. The molecule has 6 nitrogen and oxygen atoms in total. The Morgan fingerprint density at radius 1 is 1.00 bits per heavy atom. The van der Waals surface area contributed by atoms with Crippen molar-refractivity contribution < 1.29 is 14.3 Å². The van der Waals surface area contributed by atoms with Crippen LogP contribution in [0.15, 0.2) is 0 Å². The van der Waals surface area contributed by atoms with Crippen LogP contribution in [0.1, 0.15) is 57.8 Å². The standard InChI is InChI=1S/C21H37N3O3/c1-27-16-6-11-22-20(25)19(17-7-2-3-8-17)23-12-14-24(15-13-23)21(26)18-9-4-5-10-18/h17-19H,2-16H2,1H3,(H,22,25)/t19-/m1/s1. The maximum Gasteiger partial charge on any atom is 0.237 e. The first-order valence-electron chi connectivity index (χ1n) is 11.0. The molecular weight excluding hydrogens is 342 g/mol. The minimum Gasteiger partial charge on any atom is -0.385 e. The predicted octanol–water partition coefficient (Wildman–Crippen LogP) is 2.03. The second-order valence-electron chi connectivity index (χ2n) is 8.47. The summed E-state index contributed by atoms with van der Waals surface area (Å²) >= 11 is 0. The van der Waals surface area contributed by atoms with Crippen molar-refractivity contribution in [3.8, 4) is 0 Å². The first-order chi connectivity index (χ1) is 13.2. The number of rotatable bonds is 8. The second kappa shape index (κ2) is 10.4. The average Bonchev–Trinajstić information content (AvgIpc) is 3.40. The van der Waals surface area contributed by atoms with Gasteiger partial charge >= 0.3 is 0 Å². The third-order valence-electron chi connectivity index (χ3n) is 6.66. The van der Waals surface area contributed by atoms with Gasteiger partial charge in [0, 0.05) is 52.4 Å². The van der Waals surface area contributed by atoms with Crippen molar-refractivity contribution in [3.05, 3.63) is 0 Å². The van der Waals surface area contributed by atoms with Gasteiger partial charge < -0.3 is 15.0 Å². The van der Waals surface area contributed by atoms with Crippen LogP contribution in [0.3, 0.4) is 0 Å². The van der Waals surface area contributed by atoms with Crippen LogP contribution in [0.2, 0.25) is 0 Å². The average molecular weight is 380 g/mol. The lowest BCUT2D eigenvalue weighted by Gasteiger charge is -2.41. The molecule has 0 radical (unpaired) electrons. The summed E-state index contributed by atoms with van der Waals surface area (Å²) in [5, 5.41) is 3.13. The molecule has 154 valence electrons. The number of carbonyl (C=O) groups is 2. The summed E-state index contributed by atoms with van der Waals surface area (Å²) in [4.78, 5) is 30.0. The number of ether oxygens (including phenoxy) is 1. The largest absolute Gasteiger partial charge is 0.385 e. The molecule has 0 bridgehead atoms. The Bertz CT molecular complexity index is 479. The molecule has 6 heteroatoms. The minimum absolute atomic E-state index is 0.0289. The first-order valence-corrected chi connectivity index (χ1v) is 11.0. The van der Waals surface area contributed by atoms with E-state index in [4.69, 9.17) is 4.74 Å². The third-order valence-corrected chi connectivity index (χ3v) is 6.66. The molecule has 3 rings (SSSR count). The van der Waals surface area contributed by atoms with Gasteiger partial charge in [0.1, 0.15) is 0 Å². The van der Waals surface area contributed by atoms with E-state index in [1.54, 1.807) is 7.11 Å². The molecular formula is C21H37N3O3. The quantitative estimate of drug-likeness (QED) is 0.656. The molecule has 2 aliphatic carbocycles. The van der Waals surface area contributed by atoms with Gasteiger partial charge in [-0.3, -0.25) is 14.5 Å². The fraction of sp³-hybridized carbons (Fsp3) is 0.905. The Balaban J connectivity index is 1.53. The van der Waals surface area contributed by atoms with E-state index in [0.717, 1.165) is 58.3 Å². The molecule has 3 aliphatic rings. The van der Waals surface area contributed by atoms with Gasteiger partial charge in [-0.05, 0) is 38.0 Å². The van der Waals surface area contributed by atoms with E-state index < -0.39 is 0 Å². The molecule has 0 aromatic carbocycles. The van der Waals surface area contributed by atoms with Gasteiger partial charge in [-0.25, -0.2) is 0 Å². The smallest absolute Gasteiger partial charge is 0.237 e. The number of nitrogens with one attached hydrogen (secondary N) is 1. The summed E-state index contributed by atoms with van der Waals surface area (Å²) in [7, 11) is 1.69. The van der Waals surface area contributed by atoms with E-state index in [0.29, 0.717) is 25.0 Å². The molecule has 1 aliphatic heterocycles. The Morgan fingerprint density at radius 3 is 2.26 bits per heavy atom. The summed E-state index contributed by atoms with van der Waals surface area (Å²) in [6.45, 7) is 4.55. The van der Waals surface area contributed by atoms with Crippen LogP contribution in [0.5, 0.6) is 0 Å². The Kier molecular flexibility index (Phi) is 7.94. The number of hydrogen-bond donors (Lipinski definition) is 1. The first kappa shape index (κ1) is 20.6. The maximum atomic E-state index is 12.9. The monoisotopic (exact) mass is 379 g/mol.